The SMILES string of the molecule is FC(F)(F)CO[CH2][K].OB(O)O. The summed E-state index contributed by atoms with van der Waals surface area (Å²) in [6.45, 7) is -1.09. The minimum Gasteiger partial charge on any atom is -0.402 e. The molecule has 9 heteroatoms. The summed E-state index contributed by atoms with van der Waals surface area (Å²) in [6, 6.07) is 0. The fourth-order valence-corrected chi connectivity index (χ4v) is 0.537. The van der Waals surface area contributed by atoms with Crippen LogP contribution in [0.5, 0.6) is 0 Å². The second-order valence-corrected chi connectivity index (χ2v) is 2.50. The molecule has 68 valence electrons. The minimum atomic E-state index is -4.14. The standard InChI is InChI=1S/C3H4F3O.BH3O3.K/c1-7-2-3(4,5)6;2-1(3)4;/h1-2H2;2-4H;. The quantitative estimate of drug-likeness (QED) is 0.496. The molecule has 3 N–H and O–H groups in total. The van der Waals surface area contributed by atoms with Gasteiger partial charge in [0.05, 0.1) is 0 Å². The molecule has 0 fully saturated rings. The maximum absolute atomic E-state index is 11.1. The van der Waals surface area contributed by atoms with Crippen molar-refractivity contribution in [1.29, 1.82) is 0 Å². The number of hydrogen-bond donors (Lipinski definition) is 3. The first kappa shape index (κ1) is 15.8. The molecule has 0 atom stereocenters. The van der Waals surface area contributed by atoms with Crippen molar-refractivity contribution in [3.8, 4) is 0 Å². The topological polar surface area (TPSA) is 69.9 Å². The summed E-state index contributed by atoms with van der Waals surface area (Å²) < 4.78 is 37.9. The van der Waals surface area contributed by atoms with E-state index in [1.807, 2.05) is 0 Å². The number of ether oxygens (including phenoxy) is 1. The Labute approximate surface area is 101 Å². The third kappa shape index (κ3) is 30.2. The van der Waals surface area contributed by atoms with Crippen LogP contribution in [0.15, 0.2) is 0 Å². The molecule has 0 radical (unpaired) electrons. The molecular formula is C3H7BF3KO4. The molecule has 0 spiro atoms. The van der Waals surface area contributed by atoms with Crippen LogP contribution in [0.25, 0.3) is 0 Å². The Morgan fingerprint density at radius 1 is 1.25 bits per heavy atom. The van der Waals surface area contributed by atoms with E-state index in [1.54, 1.807) is 0 Å². The van der Waals surface area contributed by atoms with Crippen LogP contribution >= 0.6 is 0 Å². The van der Waals surface area contributed by atoms with Crippen molar-refractivity contribution >= 4 is 56.3 Å². The van der Waals surface area contributed by atoms with Gasteiger partial charge < -0.3 is 15.1 Å². The molecule has 0 aromatic carbocycles. The normalized spacial score (nSPS) is 10.3. The molecule has 0 bridgehead atoms. The predicted octanol–water partition coefficient (Wildman–Crippen LogP) is -1.36. The number of rotatable bonds is 2. The smallest absolute Gasteiger partial charge is 0.402 e. The predicted molar refractivity (Wildman–Crippen MR) is 35.0 cm³/mol. The van der Waals surface area contributed by atoms with Crippen LogP contribution in [0, 0.1) is 0 Å². The van der Waals surface area contributed by atoms with Crippen molar-refractivity contribution in [2.75, 3.05) is 7.31 Å². The summed E-state index contributed by atoms with van der Waals surface area (Å²) in [5.41, 5.74) is 0. The summed E-state index contributed by atoms with van der Waals surface area (Å²) in [4.78, 5) is 0. The van der Waals surface area contributed by atoms with E-state index < -0.39 is 20.1 Å². The van der Waals surface area contributed by atoms with E-state index in [0.29, 0.717) is 49.7 Å². The van der Waals surface area contributed by atoms with Gasteiger partial charge in [0.2, 0.25) is 0 Å². The van der Waals surface area contributed by atoms with Crippen molar-refractivity contribution in [3.63, 3.8) is 0 Å². The minimum absolute atomic E-state index is 0.298. The molecule has 0 saturated heterocycles. The molecule has 0 heterocycles. The summed E-state index contributed by atoms with van der Waals surface area (Å²) in [6.07, 6.45) is -4.14. The van der Waals surface area contributed by atoms with Crippen molar-refractivity contribution in [3.05, 3.63) is 0 Å². The van der Waals surface area contributed by atoms with Gasteiger partial charge in [0.25, 0.3) is 0 Å². The maximum Gasteiger partial charge on any atom is 0.631 e. The van der Waals surface area contributed by atoms with Gasteiger partial charge in [-0.3, -0.25) is 0 Å². The molecule has 0 aliphatic heterocycles. The number of alkyl halides is 3. The van der Waals surface area contributed by atoms with E-state index >= 15 is 0 Å². The van der Waals surface area contributed by atoms with Gasteiger partial charge >= 0.3 is 87.7 Å². The van der Waals surface area contributed by atoms with Crippen LogP contribution in [-0.2, 0) is 4.74 Å². The van der Waals surface area contributed by atoms with Crippen LogP contribution in [0.2, 0.25) is 0 Å². The Morgan fingerprint density at radius 2 is 1.58 bits per heavy atom. The molecule has 0 amide bonds. The van der Waals surface area contributed by atoms with E-state index in [0.717, 1.165) is 0 Å². The fourth-order valence-electron chi connectivity index (χ4n) is 0.218. The van der Waals surface area contributed by atoms with Gasteiger partial charge in [-0.1, -0.05) is 0 Å². The monoisotopic (exact) mass is 214 g/mol. The molecule has 0 unspecified atom stereocenters. The Kier molecular flexibility index (Phi) is 11.7. The molecule has 0 aromatic rings. The summed E-state index contributed by atoms with van der Waals surface area (Å²) in [5, 5.41) is 21.5. The zero-order valence-corrected chi connectivity index (χ0v) is 9.50. The van der Waals surface area contributed by atoms with Gasteiger partial charge in [-0.05, 0) is 0 Å². The van der Waals surface area contributed by atoms with Crippen LogP contribution in [0.1, 0.15) is 0 Å². The first-order valence-corrected chi connectivity index (χ1v) is 5.19. The zero-order valence-electron chi connectivity index (χ0n) is 6.38. The average Bonchev–Trinajstić information content (AvgIpc) is 1.80. The van der Waals surface area contributed by atoms with E-state index in [4.69, 9.17) is 15.1 Å². The Bertz CT molecular complexity index is 97.3. The Hall–Kier alpha value is 1.33. The van der Waals surface area contributed by atoms with Gasteiger partial charge in [-0.2, -0.15) is 0 Å². The van der Waals surface area contributed by atoms with Crippen molar-refractivity contribution in [2.24, 2.45) is 0 Å². The largest absolute Gasteiger partial charge is 0.631 e. The second kappa shape index (κ2) is 8.91. The van der Waals surface area contributed by atoms with Gasteiger partial charge in [-0.15, -0.1) is 0 Å². The fraction of sp³-hybridized carbons (Fsp3) is 1.00. The van der Waals surface area contributed by atoms with Gasteiger partial charge in [0.15, 0.2) is 0 Å². The van der Waals surface area contributed by atoms with E-state index in [2.05, 4.69) is 4.74 Å². The number of halogens is 3. The number of hydrogen-bond acceptors (Lipinski definition) is 4. The third-order valence-electron chi connectivity index (χ3n) is 0.470. The Morgan fingerprint density at radius 3 is 1.67 bits per heavy atom. The van der Waals surface area contributed by atoms with Crippen LogP contribution in [0.4, 0.5) is 13.2 Å². The zero-order chi connectivity index (χ0) is 10.2. The molecular weight excluding hydrogens is 207 g/mol. The average molecular weight is 214 g/mol. The van der Waals surface area contributed by atoms with E-state index in [-0.39, 0.29) is 0 Å². The van der Waals surface area contributed by atoms with Crippen LogP contribution < -0.4 is 0 Å². The van der Waals surface area contributed by atoms with Crippen molar-refractivity contribution in [2.45, 2.75) is 6.18 Å². The summed E-state index contributed by atoms with van der Waals surface area (Å²) >= 11 is 0.359. The molecule has 4 nitrogen and oxygen atoms in total. The maximum atomic E-state index is 11.1. The second-order valence-electron chi connectivity index (χ2n) is 1.60. The van der Waals surface area contributed by atoms with Gasteiger partial charge in [0, 0.05) is 0 Å². The van der Waals surface area contributed by atoms with Gasteiger partial charge in [0.1, 0.15) is 0 Å². The van der Waals surface area contributed by atoms with Crippen LogP contribution in [-0.4, -0.2) is 84.8 Å². The first-order valence-electron chi connectivity index (χ1n) is 2.98. The van der Waals surface area contributed by atoms with Gasteiger partial charge in [-0.25, -0.2) is 0 Å². The van der Waals surface area contributed by atoms with E-state index in [9.17, 15) is 13.2 Å². The molecule has 0 rings (SSSR count). The molecule has 0 aromatic heterocycles. The van der Waals surface area contributed by atoms with Crippen molar-refractivity contribution in [1.82, 2.24) is 0 Å². The van der Waals surface area contributed by atoms with Crippen LogP contribution in [0.3, 0.4) is 0 Å². The third-order valence-corrected chi connectivity index (χ3v) is 1.11. The summed E-state index contributed by atoms with van der Waals surface area (Å²) in [5.74, 6) is 0. The summed E-state index contributed by atoms with van der Waals surface area (Å²) in [7, 11) is -2.17. The van der Waals surface area contributed by atoms with E-state index in [1.165, 1.54) is 0 Å². The molecule has 0 aliphatic rings. The molecule has 0 aliphatic carbocycles. The first-order chi connectivity index (χ1) is 5.29. The molecule has 0 saturated carbocycles. The van der Waals surface area contributed by atoms with Crippen molar-refractivity contribution < 1.29 is 33.0 Å². The molecule has 12 heavy (non-hydrogen) atoms. The Balaban J connectivity index is 0.